The minimum atomic E-state index is -0.288. The maximum atomic E-state index is 12.4. The number of carbonyl (C=O) groups is 2. The Bertz CT molecular complexity index is 1110. The number of aromatic nitrogens is 2. The minimum Gasteiger partial charge on any atom is -0.367 e. The second kappa shape index (κ2) is 11.3. The van der Waals surface area contributed by atoms with E-state index in [0.717, 1.165) is 29.7 Å². The second-order valence-corrected chi connectivity index (χ2v) is 8.40. The Morgan fingerprint density at radius 3 is 2.50 bits per heavy atom. The van der Waals surface area contributed by atoms with E-state index in [9.17, 15) is 9.59 Å². The zero-order valence-electron chi connectivity index (χ0n) is 19.3. The number of nitrogens with zero attached hydrogens (tertiary/aromatic N) is 2. The summed E-state index contributed by atoms with van der Waals surface area (Å²) in [4.78, 5) is 33.4. The topological polar surface area (TPSA) is 108 Å². The molecule has 0 atom stereocenters. The first-order chi connectivity index (χ1) is 16.6. The van der Waals surface area contributed by atoms with Crippen molar-refractivity contribution >= 4 is 23.4 Å². The van der Waals surface area contributed by atoms with Crippen molar-refractivity contribution in [3.05, 3.63) is 72.1 Å². The van der Waals surface area contributed by atoms with Gasteiger partial charge in [0.2, 0.25) is 0 Å². The van der Waals surface area contributed by atoms with Crippen LogP contribution in [-0.2, 0) is 6.54 Å². The maximum Gasteiger partial charge on any atom is 0.319 e. The molecule has 8 nitrogen and oxygen atoms in total. The zero-order valence-corrected chi connectivity index (χ0v) is 19.3. The van der Waals surface area contributed by atoms with E-state index >= 15 is 0 Å². The van der Waals surface area contributed by atoms with Crippen LogP contribution in [0.25, 0.3) is 11.3 Å². The summed E-state index contributed by atoms with van der Waals surface area (Å²) in [6.07, 6.45) is 9.23. The molecule has 0 radical (unpaired) electrons. The Kier molecular flexibility index (Phi) is 7.70. The standard InChI is InChI=1S/C26H30N6O2/c1-27-25(33)22-13-14-23(32-24(22)30-20-7-3-2-4-8-20)19-9-11-21(12-10-19)31-26(34)29-17-18-6-5-15-28-16-18/h5-6,9-16,20H,2-4,7-8,17H2,1H3,(H,27,33)(H,30,32)(H2,29,31,34). The molecule has 2 aromatic heterocycles. The Balaban J connectivity index is 1.44. The quantitative estimate of drug-likeness (QED) is 0.415. The molecule has 1 aliphatic carbocycles. The fraction of sp³-hybridized carbons (Fsp3) is 0.308. The van der Waals surface area contributed by atoms with E-state index in [-0.39, 0.29) is 11.9 Å². The van der Waals surface area contributed by atoms with Crippen molar-refractivity contribution in [2.75, 3.05) is 17.7 Å². The molecule has 0 spiro atoms. The number of anilines is 2. The third-order valence-corrected chi connectivity index (χ3v) is 5.93. The minimum absolute atomic E-state index is 0.158. The molecule has 176 valence electrons. The summed E-state index contributed by atoms with van der Waals surface area (Å²) in [6.45, 7) is 0.399. The number of hydrogen-bond acceptors (Lipinski definition) is 5. The lowest BCUT2D eigenvalue weighted by atomic mass is 9.95. The molecule has 0 aliphatic heterocycles. The maximum absolute atomic E-state index is 12.4. The van der Waals surface area contributed by atoms with Crippen molar-refractivity contribution in [1.29, 1.82) is 0 Å². The van der Waals surface area contributed by atoms with Crippen LogP contribution in [0.3, 0.4) is 0 Å². The molecule has 1 aromatic carbocycles. The van der Waals surface area contributed by atoms with Gasteiger partial charge in [-0.05, 0) is 48.7 Å². The van der Waals surface area contributed by atoms with E-state index in [1.165, 1.54) is 19.3 Å². The lowest BCUT2D eigenvalue weighted by molar-refractivity contribution is 0.0963. The molecule has 1 aliphatic rings. The summed E-state index contributed by atoms with van der Waals surface area (Å²) >= 11 is 0. The van der Waals surface area contributed by atoms with Gasteiger partial charge in [0.25, 0.3) is 5.91 Å². The summed E-state index contributed by atoms with van der Waals surface area (Å²) in [7, 11) is 1.62. The molecule has 4 N–H and O–H groups in total. The first-order valence-electron chi connectivity index (χ1n) is 11.7. The lowest BCUT2D eigenvalue weighted by Crippen LogP contribution is -2.28. The van der Waals surface area contributed by atoms with Crippen molar-refractivity contribution in [3.8, 4) is 11.3 Å². The van der Waals surface area contributed by atoms with Crippen LogP contribution < -0.4 is 21.3 Å². The van der Waals surface area contributed by atoms with Gasteiger partial charge in [-0.25, -0.2) is 9.78 Å². The molecule has 3 aromatic rings. The summed E-state index contributed by atoms with van der Waals surface area (Å²) in [5.41, 5.74) is 3.81. The van der Waals surface area contributed by atoms with Crippen molar-refractivity contribution < 1.29 is 9.59 Å². The van der Waals surface area contributed by atoms with Gasteiger partial charge in [-0.3, -0.25) is 9.78 Å². The predicted octanol–water partition coefficient (Wildman–Crippen LogP) is 4.57. The molecule has 34 heavy (non-hydrogen) atoms. The molecule has 1 fully saturated rings. The third kappa shape index (κ3) is 6.10. The van der Waals surface area contributed by atoms with Gasteiger partial charge in [-0.2, -0.15) is 0 Å². The van der Waals surface area contributed by atoms with E-state index < -0.39 is 0 Å². The van der Waals surface area contributed by atoms with Gasteiger partial charge in [0.05, 0.1) is 11.3 Å². The molecular weight excluding hydrogens is 428 g/mol. The fourth-order valence-electron chi connectivity index (χ4n) is 4.07. The summed E-state index contributed by atoms with van der Waals surface area (Å²) in [5.74, 6) is 0.454. The van der Waals surface area contributed by atoms with E-state index in [2.05, 4.69) is 26.3 Å². The first-order valence-corrected chi connectivity index (χ1v) is 11.7. The van der Waals surface area contributed by atoms with Crippen LogP contribution in [0.1, 0.15) is 48.0 Å². The van der Waals surface area contributed by atoms with Crippen molar-refractivity contribution in [1.82, 2.24) is 20.6 Å². The van der Waals surface area contributed by atoms with Gasteiger partial charge in [0, 0.05) is 43.3 Å². The average Bonchev–Trinajstić information content (AvgIpc) is 2.89. The van der Waals surface area contributed by atoms with Gasteiger partial charge in [-0.15, -0.1) is 0 Å². The predicted molar refractivity (Wildman–Crippen MR) is 134 cm³/mol. The van der Waals surface area contributed by atoms with Gasteiger partial charge in [-0.1, -0.05) is 37.5 Å². The highest BCUT2D eigenvalue weighted by molar-refractivity contribution is 5.99. The second-order valence-electron chi connectivity index (χ2n) is 8.40. The summed E-state index contributed by atoms with van der Waals surface area (Å²) in [6, 6.07) is 14.9. The van der Waals surface area contributed by atoms with E-state index in [1.807, 2.05) is 48.5 Å². The number of hydrogen-bond donors (Lipinski definition) is 4. The van der Waals surface area contributed by atoms with Crippen LogP contribution in [0.5, 0.6) is 0 Å². The van der Waals surface area contributed by atoms with Crippen molar-refractivity contribution in [2.45, 2.75) is 44.7 Å². The average molecular weight is 459 g/mol. The molecule has 2 heterocycles. The highest BCUT2D eigenvalue weighted by atomic mass is 16.2. The van der Waals surface area contributed by atoms with E-state index in [4.69, 9.17) is 4.98 Å². The third-order valence-electron chi connectivity index (χ3n) is 5.93. The number of amides is 3. The van der Waals surface area contributed by atoms with Crippen LogP contribution in [0.2, 0.25) is 0 Å². The molecule has 3 amide bonds. The first kappa shape index (κ1) is 23.2. The number of urea groups is 1. The Hall–Kier alpha value is -3.94. The summed E-state index contributed by atoms with van der Waals surface area (Å²) < 4.78 is 0. The highest BCUT2D eigenvalue weighted by Gasteiger charge is 2.19. The highest BCUT2D eigenvalue weighted by Crippen LogP contribution is 2.26. The number of carbonyl (C=O) groups excluding carboxylic acids is 2. The number of rotatable bonds is 7. The Morgan fingerprint density at radius 2 is 1.79 bits per heavy atom. The van der Waals surface area contributed by atoms with Crippen LogP contribution in [-0.4, -0.2) is 35.0 Å². The van der Waals surface area contributed by atoms with Crippen molar-refractivity contribution in [2.24, 2.45) is 0 Å². The number of pyridine rings is 2. The molecule has 4 rings (SSSR count). The van der Waals surface area contributed by atoms with Gasteiger partial charge >= 0.3 is 6.03 Å². The zero-order chi connectivity index (χ0) is 23.8. The molecule has 8 heteroatoms. The summed E-state index contributed by atoms with van der Waals surface area (Å²) in [5, 5.41) is 11.8. The Labute approximate surface area is 199 Å². The smallest absolute Gasteiger partial charge is 0.319 e. The Morgan fingerprint density at radius 1 is 1.00 bits per heavy atom. The molecule has 0 saturated heterocycles. The van der Waals surface area contributed by atoms with Gasteiger partial charge in [0.1, 0.15) is 5.82 Å². The molecule has 1 saturated carbocycles. The van der Waals surface area contributed by atoms with Gasteiger partial charge < -0.3 is 21.3 Å². The monoisotopic (exact) mass is 458 g/mol. The number of benzene rings is 1. The van der Waals surface area contributed by atoms with Gasteiger partial charge in [0.15, 0.2) is 0 Å². The lowest BCUT2D eigenvalue weighted by Gasteiger charge is -2.24. The number of nitrogens with one attached hydrogen (secondary N) is 4. The normalized spacial score (nSPS) is 13.7. The van der Waals surface area contributed by atoms with Crippen LogP contribution >= 0.6 is 0 Å². The van der Waals surface area contributed by atoms with E-state index in [1.54, 1.807) is 19.4 Å². The molecule has 0 bridgehead atoms. The molecule has 0 unspecified atom stereocenters. The SMILES string of the molecule is CNC(=O)c1ccc(-c2ccc(NC(=O)NCc3cccnc3)cc2)nc1NC1CCCCC1. The van der Waals surface area contributed by atoms with Crippen molar-refractivity contribution in [3.63, 3.8) is 0 Å². The largest absolute Gasteiger partial charge is 0.367 e. The molecular formula is C26H30N6O2. The van der Waals surface area contributed by atoms with E-state index in [0.29, 0.717) is 29.7 Å². The van der Waals surface area contributed by atoms with Crippen LogP contribution in [0.15, 0.2) is 60.9 Å². The van der Waals surface area contributed by atoms with Crippen LogP contribution in [0.4, 0.5) is 16.3 Å². The van der Waals surface area contributed by atoms with Crippen LogP contribution in [0, 0.1) is 0 Å². The fourth-order valence-corrected chi connectivity index (χ4v) is 4.07.